The Bertz CT molecular complexity index is 1670. The van der Waals surface area contributed by atoms with Crippen LogP contribution in [-0.2, 0) is 16.3 Å². The third-order valence-electron chi connectivity index (χ3n) is 6.87. The fourth-order valence-electron chi connectivity index (χ4n) is 4.85. The van der Waals surface area contributed by atoms with Gasteiger partial charge in [-0.1, -0.05) is 18.5 Å². The standard InChI is InChI=1S/C27H24ClF3N4O5S/c1-3-26(14-41(38,39)15-26)11-23(37)19-8-17(12-32)7-16(2)18(19)9-22(36)21-10-24(40-13-27(29,30)31)34-35(21)25-20(28)5-4-6-33-25/h4-8,10H,3,9,11,13-15H2,1-2H3. The lowest BCUT2D eigenvalue weighted by Gasteiger charge is -2.40. The molecule has 1 aliphatic heterocycles. The van der Waals surface area contributed by atoms with Gasteiger partial charge in [-0.2, -0.15) is 18.4 Å². The fourth-order valence-corrected chi connectivity index (χ4v) is 7.45. The normalized spacial score (nSPS) is 15.5. The molecule has 0 saturated carbocycles. The van der Waals surface area contributed by atoms with Gasteiger partial charge in [0.05, 0.1) is 28.2 Å². The summed E-state index contributed by atoms with van der Waals surface area (Å²) in [6.45, 7) is 1.77. The average Bonchev–Trinajstić information content (AvgIpc) is 3.31. The van der Waals surface area contributed by atoms with Gasteiger partial charge < -0.3 is 4.74 Å². The van der Waals surface area contributed by atoms with Crippen molar-refractivity contribution in [2.75, 3.05) is 18.1 Å². The van der Waals surface area contributed by atoms with Crippen LogP contribution in [0.4, 0.5) is 13.2 Å². The molecule has 41 heavy (non-hydrogen) atoms. The Kier molecular flexibility index (Phi) is 8.29. The van der Waals surface area contributed by atoms with Crippen molar-refractivity contribution in [1.82, 2.24) is 14.8 Å². The molecule has 1 fully saturated rings. The van der Waals surface area contributed by atoms with Crippen LogP contribution < -0.4 is 4.74 Å². The van der Waals surface area contributed by atoms with E-state index in [-0.39, 0.29) is 52.0 Å². The number of hydrogen-bond donors (Lipinski definition) is 0. The highest BCUT2D eigenvalue weighted by molar-refractivity contribution is 7.92. The van der Waals surface area contributed by atoms with Gasteiger partial charge in [0.25, 0.3) is 0 Å². The summed E-state index contributed by atoms with van der Waals surface area (Å²) in [7, 11) is -3.23. The van der Waals surface area contributed by atoms with E-state index in [1.807, 2.05) is 6.07 Å². The van der Waals surface area contributed by atoms with Crippen molar-refractivity contribution in [3.05, 3.63) is 69.5 Å². The molecule has 1 aliphatic rings. The first-order chi connectivity index (χ1) is 19.2. The number of carbonyl (C=O) groups is 2. The number of carbonyl (C=O) groups excluding carboxylic acids is 2. The number of nitriles is 1. The molecule has 0 bridgehead atoms. The molecule has 3 aromatic rings. The van der Waals surface area contributed by atoms with Gasteiger partial charge in [-0.25, -0.2) is 18.1 Å². The van der Waals surface area contributed by atoms with Crippen molar-refractivity contribution in [3.8, 4) is 17.8 Å². The molecular weight excluding hydrogens is 585 g/mol. The number of nitrogens with zero attached hydrogens (tertiary/aromatic N) is 4. The number of benzene rings is 1. The molecule has 0 radical (unpaired) electrons. The first kappa shape index (κ1) is 30.2. The zero-order chi connectivity index (χ0) is 30.2. The smallest absolute Gasteiger partial charge is 0.422 e. The Morgan fingerprint density at radius 2 is 1.93 bits per heavy atom. The van der Waals surface area contributed by atoms with Crippen LogP contribution in [0.3, 0.4) is 0 Å². The number of ether oxygens (including phenoxy) is 1. The molecule has 2 aromatic heterocycles. The van der Waals surface area contributed by atoms with E-state index in [4.69, 9.17) is 16.3 Å². The maximum Gasteiger partial charge on any atom is 0.422 e. The summed E-state index contributed by atoms with van der Waals surface area (Å²) >= 11 is 6.22. The molecule has 9 nitrogen and oxygen atoms in total. The van der Waals surface area contributed by atoms with Gasteiger partial charge in [-0.05, 0) is 48.7 Å². The van der Waals surface area contributed by atoms with Crippen LogP contribution in [0.2, 0.25) is 5.02 Å². The molecule has 4 rings (SSSR count). The largest absolute Gasteiger partial charge is 0.467 e. The van der Waals surface area contributed by atoms with E-state index in [9.17, 15) is 36.4 Å². The predicted octanol–water partition coefficient (Wildman–Crippen LogP) is 4.86. The quantitative estimate of drug-likeness (QED) is 0.298. The predicted molar refractivity (Wildman–Crippen MR) is 142 cm³/mol. The van der Waals surface area contributed by atoms with Gasteiger partial charge in [0.1, 0.15) is 5.69 Å². The number of Topliss-reactive ketones (excluding diaryl/α,β-unsaturated/α-hetero) is 2. The molecule has 0 amide bonds. The minimum Gasteiger partial charge on any atom is -0.467 e. The minimum absolute atomic E-state index is 0.0247. The van der Waals surface area contributed by atoms with Crippen molar-refractivity contribution >= 4 is 33.0 Å². The van der Waals surface area contributed by atoms with Crippen LogP contribution in [0.15, 0.2) is 36.5 Å². The Hall–Kier alpha value is -3.76. The van der Waals surface area contributed by atoms with E-state index in [0.29, 0.717) is 17.5 Å². The summed E-state index contributed by atoms with van der Waals surface area (Å²) in [5, 5.41) is 13.5. The van der Waals surface area contributed by atoms with Crippen LogP contribution in [0.25, 0.3) is 5.82 Å². The van der Waals surface area contributed by atoms with Crippen LogP contribution in [0.5, 0.6) is 5.88 Å². The molecule has 0 atom stereocenters. The summed E-state index contributed by atoms with van der Waals surface area (Å²) in [6, 6.07) is 8.86. The fraction of sp³-hybridized carbons (Fsp3) is 0.370. The Morgan fingerprint density at radius 1 is 1.22 bits per heavy atom. The van der Waals surface area contributed by atoms with E-state index in [0.717, 1.165) is 10.7 Å². The maximum absolute atomic E-state index is 13.6. The molecule has 1 saturated heterocycles. The SMILES string of the molecule is CCC1(CC(=O)c2cc(C#N)cc(C)c2CC(=O)c2cc(OCC(F)(F)F)nn2-c2ncccc2Cl)CS(=O)(=O)C1. The number of hydrogen-bond acceptors (Lipinski definition) is 8. The average molecular weight is 609 g/mol. The van der Waals surface area contributed by atoms with Crippen molar-refractivity contribution in [2.45, 2.75) is 39.3 Å². The molecule has 0 unspecified atom stereocenters. The summed E-state index contributed by atoms with van der Waals surface area (Å²) in [5.74, 6) is -1.82. The number of pyridine rings is 1. The Balaban J connectivity index is 1.72. The second-order valence-electron chi connectivity index (χ2n) is 10.0. The zero-order valence-corrected chi connectivity index (χ0v) is 23.5. The monoisotopic (exact) mass is 608 g/mol. The molecule has 3 heterocycles. The van der Waals surface area contributed by atoms with Gasteiger partial charge in [0.15, 0.2) is 33.8 Å². The van der Waals surface area contributed by atoms with Gasteiger partial charge in [-0.15, -0.1) is 5.10 Å². The summed E-state index contributed by atoms with van der Waals surface area (Å²) in [6.07, 6.45) is -3.31. The number of aryl methyl sites for hydroxylation is 1. The van der Waals surface area contributed by atoms with Crippen LogP contribution in [0.1, 0.15) is 57.3 Å². The highest BCUT2D eigenvalue weighted by atomic mass is 35.5. The topological polar surface area (TPSA) is 132 Å². The number of halogens is 4. The van der Waals surface area contributed by atoms with E-state index in [1.165, 1.54) is 30.5 Å². The molecule has 0 N–H and O–H groups in total. The highest BCUT2D eigenvalue weighted by Crippen LogP contribution is 2.41. The molecular formula is C27H24ClF3N4O5S. The summed E-state index contributed by atoms with van der Waals surface area (Å²) in [5.41, 5.74) is 0.116. The Morgan fingerprint density at radius 3 is 2.51 bits per heavy atom. The third-order valence-corrected chi connectivity index (χ3v) is 9.27. The number of alkyl halides is 3. The zero-order valence-electron chi connectivity index (χ0n) is 22.0. The van der Waals surface area contributed by atoms with Crippen LogP contribution >= 0.6 is 11.6 Å². The lowest BCUT2D eigenvalue weighted by atomic mass is 9.80. The van der Waals surface area contributed by atoms with Crippen molar-refractivity contribution in [2.24, 2.45) is 5.41 Å². The summed E-state index contributed by atoms with van der Waals surface area (Å²) in [4.78, 5) is 31.2. The van der Waals surface area contributed by atoms with Crippen LogP contribution in [-0.4, -0.2) is 59.0 Å². The van der Waals surface area contributed by atoms with Gasteiger partial charge in [0, 0.05) is 36.1 Å². The maximum atomic E-state index is 13.6. The number of ketones is 2. The minimum atomic E-state index is -4.65. The first-order valence-electron chi connectivity index (χ1n) is 12.4. The van der Waals surface area contributed by atoms with Crippen molar-refractivity contribution < 1.29 is 35.9 Å². The number of aromatic nitrogens is 3. The van der Waals surface area contributed by atoms with Gasteiger partial charge in [-0.3, -0.25) is 9.59 Å². The molecule has 0 aliphatic carbocycles. The highest BCUT2D eigenvalue weighted by Gasteiger charge is 2.48. The molecule has 0 spiro atoms. The third kappa shape index (κ3) is 6.77. The van der Waals surface area contributed by atoms with E-state index < -0.39 is 45.5 Å². The number of sulfone groups is 1. The number of rotatable bonds is 10. The van der Waals surface area contributed by atoms with Crippen molar-refractivity contribution in [3.63, 3.8) is 0 Å². The van der Waals surface area contributed by atoms with E-state index >= 15 is 0 Å². The second kappa shape index (κ2) is 11.3. The van der Waals surface area contributed by atoms with Gasteiger partial charge in [0.2, 0.25) is 5.88 Å². The van der Waals surface area contributed by atoms with Crippen molar-refractivity contribution in [1.29, 1.82) is 5.26 Å². The molecule has 1 aromatic carbocycles. The lowest BCUT2D eigenvalue weighted by Crippen LogP contribution is -2.49. The lowest BCUT2D eigenvalue weighted by molar-refractivity contribution is -0.154. The van der Waals surface area contributed by atoms with E-state index in [1.54, 1.807) is 13.8 Å². The molecule has 216 valence electrons. The van der Waals surface area contributed by atoms with E-state index in [2.05, 4.69) is 10.1 Å². The van der Waals surface area contributed by atoms with Crippen LogP contribution in [0, 0.1) is 23.7 Å². The van der Waals surface area contributed by atoms with Gasteiger partial charge >= 0.3 is 6.18 Å². The Labute approximate surface area is 238 Å². The summed E-state index contributed by atoms with van der Waals surface area (Å²) < 4.78 is 67.8. The molecule has 14 heteroatoms. The first-order valence-corrected chi connectivity index (χ1v) is 14.6. The second-order valence-corrected chi connectivity index (χ2v) is 12.5.